The number of nitrogens with one attached hydrogen (secondary N) is 1. The second-order valence-electron chi connectivity index (χ2n) is 4.63. The topological polar surface area (TPSA) is 29.9 Å². The molecular formula is C14H17N3. The fourth-order valence-electron chi connectivity index (χ4n) is 2.59. The van der Waals surface area contributed by atoms with Crippen molar-refractivity contribution in [2.24, 2.45) is 7.05 Å². The summed E-state index contributed by atoms with van der Waals surface area (Å²) < 4.78 is 2.01. The molecule has 1 unspecified atom stereocenters. The Morgan fingerprint density at radius 2 is 2.12 bits per heavy atom. The number of anilines is 1. The van der Waals surface area contributed by atoms with E-state index in [1.165, 1.54) is 29.8 Å². The highest BCUT2D eigenvalue weighted by Gasteiger charge is 2.22. The van der Waals surface area contributed by atoms with Crippen LogP contribution in [0.25, 0.3) is 0 Å². The Kier molecular flexibility index (Phi) is 2.59. The summed E-state index contributed by atoms with van der Waals surface area (Å²) in [5.74, 6) is 0. The summed E-state index contributed by atoms with van der Waals surface area (Å²) in [6, 6.07) is 10.8. The molecule has 1 aliphatic carbocycles. The molecule has 0 spiro atoms. The van der Waals surface area contributed by atoms with Crippen molar-refractivity contribution >= 4 is 5.69 Å². The predicted octanol–water partition coefficient (Wildman–Crippen LogP) is 2.91. The smallest absolute Gasteiger partial charge is 0.0547 e. The van der Waals surface area contributed by atoms with E-state index in [0.717, 1.165) is 6.42 Å². The zero-order chi connectivity index (χ0) is 11.7. The normalized spacial score (nSPS) is 18.8. The molecule has 0 saturated heterocycles. The maximum atomic E-state index is 4.37. The van der Waals surface area contributed by atoms with Gasteiger partial charge in [-0.1, -0.05) is 18.2 Å². The van der Waals surface area contributed by atoms with Crippen LogP contribution >= 0.6 is 0 Å². The molecular weight excluding hydrogens is 210 g/mol. The van der Waals surface area contributed by atoms with Crippen LogP contribution in [0.3, 0.4) is 0 Å². The Hall–Kier alpha value is -1.77. The van der Waals surface area contributed by atoms with Crippen LogP contribution in [-0.2, 0) is 13.5 Å². The van der Waals surface area contributed by atoms with E-state index in [0.29, 0.717) is 6.04 Å². The van der Waals surface area contributed by atoms with Gasteiger partial charge in [0.15, 0.2) is 0 Å². The summed E-state index contributed by atoms with van der Waals surface area (Å²) in [4.78, 5) is 0. The number of aryl methyl sites for hydroxylation is 1. The Balaban J connectivity index is 1.86. The van der Waals surface area contributed by atoms with E-state index in [1.54, 1.807) is 0 Å². The van der Waals surface area contributed by atoms with E-state index in [2.05, 4.69) is 34.7 Å². The molecule has 0 saturated carbocycles. The summed E-state index contributed by atoms with van der Waals surface area (Å²) >= 11 is 0. The zero-order valence-corrected chi connectivity index (χ0v) is 10.1. The fourth-order valence-corrected chi connectivity index (χ4v) is 2.59. The molecule has 3 nitrogen and oxygen atoms in total. The van der Waals surface area contributed by atoms with Crippen LogP contribution in [-0.4, -0.2) is 9.78 Å². The molecule has 1 aromatic heterocycles. The van der Waals surface area contributed by atoms with Gasteiger partial charge in [0.2, 0.25) is 0 Å². The van der Waals surface area contributed by atoms with Crippen molar-refractivity contribution in [3.63, 3.8) is 0 Å². The van der Waals surface area contributed by atoms with Gasteiger partial charge in [-0.3, -0.25) is 4.68 Å². The molecule has 0 fully saturated rings. The van der Waals surface area contributed by atoms with Crippen LogP contribution in [0.2, 0.25) is 0 Å². The van der Waals surface area contributed by atoms with Crippen LogP contribution < -0.4 is 5.32 Å². The number of benzene rings is 1. The monoisotopic (exact) mass is 227 g/mol. The first kappa shape index (κ1) is 10.4. The second-order valence-corrected chi connectivity index (χ2v) is 4.63. The molecule has 1 aromatic carbocycles. The number of rotatable bonds is 2. The third-order valence-corrected chi connectivity index (χ3v) is 3.49. The Labute approximate surface area is 101 Å². The summed E-state index contributed by atoms with van der Waals surface area (Å²) in [6.45, 7) is 0. The molecule has 17 heavy (non-hydrogen) atoms. The largest absolute Gasteiger partial charge is 0.378 e. The Bertz CT molecular complexity index is 501. The van der Waals surface area contributed by atoms with Crippen molar-refractivity contribution < 1.29 is 0 Å². The molecule has 1 aliphatic rings. The average Bonchev–Trinajstić information content (AvgIpc) is 2.74. The van der Waals surface area contributed by atoms with Gasteiger partial charge >= 0.3 is 0 Å². The maximum absolute atomic E-state index is 4.37. The van der Waals surface area contributed by atoms with Gasteiger partial charge in [-0.2, -0.15) is 5.10 Å². The molecule has 0 aliphatic heterocycles. The molecule has 1 atom stereocenters. The molecule has 1 heterocycles. The predicted molar refractivity (Wildman–Crippen MR) is 69.0 cm³/mol. The molecule has 1 N–H and O–H groups in total. The molecule has 88 valence electrons. The van der Waals surface area contributed by atoms with Crippen LogP contribution in [0.1, 0.15) is 30.1 Å². The summed E-state index contributed by atoms with van der Waals surface area (Å²) in [6.07, 6.45) is 5.58. The SMILES string of the molecule is Cn1ncc2c1CCCC2Nc1ccccc1. The van der Waals surface area contributed by atoms with Crippen LogP contribution in [0, 0.1) is 0 Å². The summed E-state index contributed by atoms with van der Waals surface area (Å²) in [5, 5.41) is 7.96. The first-order valence-electron chi connectivity index (χ1n) is 6.17. The fraction of sp³-hybridized carbons (Fsp3) is 0.357. The van der Waals surface area contributed by atoms with Crippen LogP contribution in [0.5, 0.6) is 0 Å². The standard InChI is InChI=1S/C14H17N3/c1-17-14-9-5-8-13(12(14)10-15-17)16-11-6-3-2-4-7-11/h2-4,6-7,10,13,16H,5,8-9H2,1H3. The minimum absolute atomic E-state index is 0.412. The molecule has 0 radical (unpaired) electrons. The van der Waals surface area contributed by atoms with E-state index in [9.17, 15) is 0 Å². The number of para-hydroxylation sites is 1. The summed E-state index contributed by atoms with van der Waals surface area (Å²) in [5.41, 5.74) is 3.93. The third kappa shape index (κ3) is 1.93. The lowest BCUT2D eigenvalue weighted by molar-refractivity contribution is 0.571. The highest BCUT2D eigenvalue weighted by molar-refractivity contribution is 5.46. The number of fused-ring (bicyclic) bond motifs is 1. The number of hydrogen-bond acceptors (Lipinski definition) is 2. The van der Waals surface area contributed by atoms with Gasteiger partial charge in [0.25, 0.3) is 0 Å². The van der Waals surface area contributed by atoms with Gasteiger partial charge < -0.3 is 5.32 Å². The van der Waals surface area contributed by atoms with E-state index in [4.69, 9.17) is 0 Å². The Morgan fingerprint density at radius 1 is 1.29 bits per heavy atom. The van der Waals surface area contributed by atoms with Gasteiger partial charge in [0, 0.05) is 24.0 Å². The van der Waals surface area contributed by atoms with Gasteiger partial charge in [-0.15, -0.1) is 0 Å². The van der Waals surface area contributed by atoms with Gasteiger partial charge in [0.05, 0.1) is 12.2 Å². The van der Waals surface area contributed by atoms with E-state index >= 15 is 0 Å². The number of aromatic nitrogens is 2. The van der Waals surface area contributed by atoms with Gasteiger partial charge in [-0.05, 0) is 31.4 Å². The highest BCUT2D eigenvalue weighted by atomic mass is 15.3. The third-order valence-electron chi connectivity index (χ3n) is 3.49. The van der Waals surface area contributed by atoms with Crippen LogP contribution in [0.4, 0.5) is 5.69 Å². The molecule has 3 heteroatoms. The van der Waals surface area contributed by atoms with E-state index < -0.39 is 0 Å². The van der Waals surface area contributed by atoms with Crippen LogP contribution in [0.15, 0.2) is 36.5 Å². The van der Waals surface area contributed by atoms with E-state index in [1.807, 2.05) is 24.0 Å². The summed E-state index contributed by atoms with van der Waals surface area (Å²) in [7, 11) is 2.03. The minimum atomic E-state index is 0.412. The van der Waals surface area contributed by atoms with Gasteiger partial charge in [0.1, 0.15) is 0 Å². The van der Waals surface area contributed by atoms with Crippen molar-refractivity contribution in [1.82, 2.24) is 9.78 Å². The lowest BCUT2D eigenvalue weighted by Gasteiger charge is -2.24. The second kappa shape index (κ2) is 4.24. The van der Waals surface area contributed by atoms with Gasteiger partial charge in [-0.25, -0.2) is 0 Å². The highest BCUT2D eigenvalue weighted by Crippen LogP contribution is 2.31. The average molecular weight is 227 g/mol. The maximum Gasteiger partial charge on any atom is 0.0547 e. The first-order valence-corrected chi connectivity index (χ1v) is 6.17. The lowest BCUT2D eigenvalue weighted by Crippen LogP contribution is -2.17. The first-order chi connectivity index (χ1) is 8.34. The minimum Gasteiger partial charge on any atom is -0.378 e. The molecule has 3 rings (SSSR count). The molecule has 0 amide bonds. The van der Waals surface area contributed by atoms with Crippen molar-refractivity contribution in [3.8, 4) is 0 Å². The van der Waals surface area contributed by atoms with Crippen molar-refractivity contribution in [2.45, 2.75) is 25.3 Å². The lowest BCUT2D eigenvalue weighted by atomic mass is 9.93. The number of nitrogens with zero attached hydrogens (tertiary/aromatic N) is 2. The zero-order valence-electron chi connectivity index (χ0n) is 10.1. The molecule has 0 bridgehead atoms. The quantitative estimate of drug-likeness (QED) is 0.855. The Morgan fingerprint density at radius 3 is 2.94 bits per heavy atom. The molecule has 2 aromatic rings. The van der Waals surface area contributed by atoms with Crippen molar-refractivity contribution in [3.05, 3.63) is 47.8 Å². The van der Waals surface area contributed by atoms with E-state index in [-0.39, 0.29) is 0 Å². The number of hydrogen-bond donors (Lipinski definition) is 1. The van der Waals surface area contributed by atoms with Crippen molar-refractivity contribution in [1.29, 1.82) is 0 Å². The van der Waals surface area contributed by atoms with Crippen molar-refractivity contribution in [2.75, 3.05) is 5.32 Å².